The molecule has 0 radical (unpaired) electrons. The first-order valence-corrected chi connectivity index (χ1v) is 8.92. The smallest absolute Gasteiger partial charge is 0.194 e. The van der Waals surface area contributed by atoms with Crippen LogP contribution in [0, 0.1) is 35.2 Å². The zero-order valence-corrected chi connectivity index (χ0v) is 14.7. The normalized spacial score (nSPS) is 30.4. The molecule has 1 saturated heterocycles. The van der Waals surface area contributed by atoms with Gasteiger partial charge in [0, 0.05) is 11.5 Å². The van der Waals surface area contributed by atoms with Crippen LogP contribution in [0.5, 0.6) is 0 Å². The van der Waals surface area contributed by atoms with Crippen molar-refractivity contribution in [2.45, 2.75) is 52.7 Å². The van der Waals surface area contributed by atoms with Gasteiger partial charge in [-0.3, -0.25) is 0 Å². The highest BCUT2D eigenvalue weighted by Gasteiger charge is 2.32. The summed E-state index contributed by atoms with van der Waals surface area (Å²) in [5, 5.41) is 0. The van der Waals surface area contributed by atoms with E-state index in [1.807, 2.05) is 13.8 Å². The SMILES string of the molecule is CC.CC1CCC(C2COC(c3cc(F)c(F)c(F)c3)OC2)CC1. The minimum Gasteiger partial charge on any atom is -0.348 e. The molecule has 1 aromatic carbocycles. The van der Waals surface area contributed by atoms with Crippen molar-refractivity contribution in [3.05, 3.63) is 35.1 Å². The number of hydrogen-bond donors (Lipinski definition) is 0. The summed E-state index contributed by atoms with van der Waals surface area (Å²) in [7, 11) is 0. The molecule has 1 saturated carbocycles. The van der Waals surface area contributed by atoms with E-state index in [4.69, 9.17) is 9.47 Å². The van der Waals surface area contributed by atoms with E-state index in [0.29, 0.717) is 25.0 Å². The molecule has 0 atom stereocenters. The largest absolute Gasteiger partial charge is 0.348 e. The lowest BCUT2D eigenvalue weighted by Crippen LogP contribution is -2.34. The Balaban J connectivity index is 0.00000100. The zero-order valence-electron chi connectivity index (χ0n) is 14.7. The molecule has 0 amide bonds. The van der Waals surface area contributed by atoms with E-state index >= 15 is 0 Å². The minimum absolute atomic E-state index is 0.187. The fourth-order valence-corrected chi connectivity index (χ4v) is 3.45. The molecule has 0 N–H and O–H groups in total. The van der Waals surface area contributed by atoms with Gasteiger partial charge in [-0.2, -0.15) is 0 Å². The average molecular weight is 344 g/mol. The summed E-state index contributed by atoms with van der Waals surface area (Å²) >= 11 is 0. The van der Waals surface area contributed by atoms with Crippen molar-refractivity contribution >= 4 is 0 Å². The van der Waals surface area contributed by atoms with Crippen LogP contribution in [-0.2, 0) is 9.47 Å². The maximum Gasteiger partial charge on any atom is 0.194 e. The molecule has 24 heavy (non-hydrogen) atoms. The second-order valence-electron chi connectivity index (χ2n) is 6.58. The molecule has 1 aliphatic heterocycles. The van der Waals surface area contributed by atoms with Crippen molar-refractivity contribution in [2.75, 3.05) is 13.2 Å². The lowest BCUT2D eigenvalue weighted by Gasteiger charge is -2.37. The summed E-state index contributed by atoms with van der Waals surface area (Å²) in [6, 6.07) is 1.87. The monoisotopic (exact) mass is 344 g/mol. The van der Waals surface area contributed by atoms with E-state index in [2.05, 4.69) is 6.92 Å². The van der Waals surface area contributed by atoms with Crippen LogP contribution >= 0.6 is 0 Å². The van der Waals surface area contributed by atoms with Crippen molar-refractivity contribution in [3.8, 4) is 0 Å². The average Bonchev–Trinajstić information content (AvgIpc) is 2.62. The van der Waals surface area contributed by atoms with Crippen LogP contribution < -0.4 is 0 Å². The topological polar surface area (TPSA) is 18.5 Å². The Morgan fingerprint density at radius 3 is 1.83 bits per heavy atom. The molecule has 0 spiro atoms. The molecule has 0 bridgehead atoms. The van der Waals surface area contributed by atoms with Gasteiger partial charge in [0.25, 0.3) is 0 Å². The highest BCUT2D eigenvalue weighted by molar-refractivity contribution is 5.20. The molecule has 1 aliphatic carbocycles. The van der Waals surface area contributed by atoms with Crippen LogP contribution in [0.25, 0.3) is 0 Å². The van der Waals surface area contributed by atoms with E-state index in [0.717, 1.165) is 18.1 Å². The van der Waals surface area contributed by atoms with Crippen molar-refractivity contribution in [2.24, 2.45) is 17.8 Å². The van der Waals surface area contributed by atoms with E-state index in [1.165, 1.54) is 25.7 Å². The summed E-state index contributed by atoms with van der Waals surface area (Å²) in [6.45, 7) is 7.31. The van der Waals surface area contributed by atoms with Gasteiger partial charge in [0.2, 0.25) is 0 Å². The maximum absolute atomic E-state index is 13.3. The van der Waals surface area contributed by atoms with Crippen molar-refractivity contribution in [1.29, 1.82) is 0 Å². The quantitative estimate of drug-likeness (QED) is 0.649. The fraction of sp³-hybridized carbons (Fsp3) is 0.684. The first-order valence-electron chi connectivity index (χ1n) is 8.92. The molecule has 136 valence electrons. The number of rotatable bonds is 2. The van der Waals surface area contributed by atoms with Crippen LogP contribution in [0.3, 0.4) is 0 Å². The van der Waals surface area contributed by atoms with Gasteiger partial charge in [-0.15, -0.1) is 0 Å². The fourth-order valence-electron chi connectivity index (χ4n) is 3.45. The molecule has 5 heteroatoms. The number of benzene rings is 1. The number of halogens is 3. The molecule has 3 rings (SSSR count). The maximum atomic E-state index is 13.3. The van der Waals surface area contributed by atoms with E-state index in [9.17, 15) is 13.2 Å². The third-order valence-corrected chi connectivity index (χ3v) is 4.93. The van der Waals surface area contributed by atoms with Gasteiger partial charge in [0.1, 0.15) is 0 Å². The molecule has 0 unspecified atom stereocenters. The van der Waals surface area contributed by atoms with E-state index < -0.39 is 23.7 Å². The Hall–Kier alpha value is -1.07. The van der Waals surface area contributed by atoms with Gasteiger partial charge in [0.05, 0.1) is 13.2 Å². The molecule has 2 nitrogen and oxygen atoms in total. The Morgan fingerprint density at radius 1 is 0.833 bits per heavy atom. The summed E-state index contributed by atoms with van der Waals surface area (Å²) in [5.41, 5.74) is 0.187. The second-order valence-corrected chi connectivity index (χ2v) is 6.58. The highest BCUT2D eigenvalue weighted by atomic mass is 19.2. The number of ether oxygens (including phenoxy) is 2. The first-order chi connectivity index (χ1) is 11.5. The van der Waals surface area contributed by atoms with Gasteiger partial charge in [0.15, 0.2) is 23.7 Å². The molecular weight excluding hydrogens is 317 g/mol. The number of hydrogen-bond acceptors (Lipinski definition) is 2. The molecule has 1 heterocycles. The van der Waals surface area contributed by atoms with Gasteiger partial charge >= 0.3 is 0 Å². The summed E-state index contributed by atoms with van der Waals surface area (Å²) in [5.74, 6) is -2.18. The van der Waals surface area contributed by atoms with Gasteiger partial charge < -0.3 is 9.47 Å². The Bertz CT molecular complexity index is 496. The Morgan fingerprint density at radius 2 is 1.33 bits per heavy atom. The Labute approximate surface area is 142 Å². The van der Waals surface area contributed by atoms with Gasteiger partial charge in [-0.1, -0.05) is 33.6 Å². The minimum atomic E-state index is -1.46. The van der Waals surface area contributed by atoms with E-state index in [1.54, 1.807) is 0 Å². The second kappa shape index (κ2) is 8.86. The summed E-state index contributed by atoms with van der Waals surface area (Å²) < 4.78 is 50.8. The highest BCUT2D eigenvalue weighted by Crippen LogP contribution is 2.37. The molecule has 1 aromatic rings. The van der Waals surface area contributed by atoms with Crippen LogP contribution in [0.15, 0.2) is 12.1 Å². The standard InChI is InChI=1S/C17H21F3O2.C2H6/c1-10-2-4-11(5-3-10)13-8-21-17(22-9-13)12-6-14(18)16(20)15(19)7-12;1-2/h6-7,10-11,13,17H,2-5,8-9H2,1H3;1-2H3. The zero-order chi connectivity index (χ0) is 17.7. The summed E-state index contributed by atoms with van der Waals surface area (Å²) in [4.78, 5) is 0. The first kappa shape index (κ1) is 19.3. The predicted molar refractivity (Wildman–Crippen MR) is 86.9 cm³/mol. The molecule has 0 aromatic heterocycles. The van der Waals surface area contributed by atoms with Crippen LogP contribution in [0.1, 0.15) is 58.3 Å². The molecule has 2 fully saturated rings. The lowest BCUT2D eigenvalue weighted by molar-refractivity contribution is -0.214. The molecular formula is C19H27F3O2. The van der Waals surface area contributed by atoms with Crippen molar-refractivity contribution in [1.82, 2.24) is 0 Å². The van der Waals surface area contributed by atoms with Gasteiger partial charge in [-0.05, 0) is 36.8 Å². The van der Waals surface area contributed by atoms with Crippen LogP contribution in [-0.4, -0.2) is 13.2 Å². The van der Waals surface area contributed by atoms with Crippen LogP contribution in [0.2, 0.25) is 0 Å². The summed E-state index contributed by atoms with van der Waals surface area (Å²) in [6.07, 6.45) is 4.02. The third kappa shape index (κ3) is 4.51. The van der Waals surface area contributed by atoms with E-state index in [-0.39, 0.29) is 5.56 Å². The Kier molecular flexibility index (Phi) is 7.11. The van der Waals surface area contributed by atoms with Crippen LogP contribution in [0.4, 0.5) is 13.2 Å². The van der Waals surface area contributed by atoms with Crippen molar-refractivity contribution in [3.63, 3.8) is 0 Å². The van der Waals surface area contributed by atoms with Crippen molar-refractivity contribution < 1.29 is 22.6 Å². The third-order valence-electron chi connectivity index (χ3n) is 4.93. The van der Waals surface area contributed by atoms with Gasteiger partial charge in [-0.25, -0.2) is 13.2 Å². The predicted octanol–water partition coefficient (Wildman–Crippen LogP) is 5.62. The lowest BCUT2D eigenvalue weighted by atomic mass is 9.76. The molecule has 2 aliphatic rings.